The molecule has 0 aromatic heterocycles. The van der Waals surface area contributed by atoms with Crippen LogP contribution in [0.1, 0.15) is 47.1 Å². The number of amides is 2. The highest BCUT2D eigenvalue weighted by molar-refractivity contribution is 7.86. The maximum absolute atomic E-state index is 12.3. The van der Waals surface area contributed by atoms with Gasteiger partial charge in [0.05, 0.1) is 29.2 Å². The molecule has 142 valence electrons. The summed E-state index contributed by atoms with van der Waals surface area (Å²) in [5.74, 6) is -0.878. The molecule has 0 fully saturated rings. The molecular formula is C20H21NO5S. The Hall–Kier alpha value is -2.51. The zero-order chi connectivity index (χ0) is 19.8. The summed E-state index contributed by atoms with van der Waals surface area (Å²) in [6.07, 6.45) is 0. The zero-order valence-corrected chi connectivity index (χ0v) is 16.2. The van der Waals surface area contributed by atoms with Crippen molar-refractivity contribution in [1.29, 1.82) is 0 Å². The van der Waals surface area contributed by atoms with E-state index in [9.17, 15) is 18.0 Å². The molecule has 0 saturated heterocycles. The Morgan fingerprint density at radius 1 is 0.889 bits per heavy atom. The zero-order valence-electron chi connectivity index (χ0n) is 15.4. The maximum Gasteiger partial charge on any atom is 0.297 e. The van der Waals surface area contributed by atoms with Crippen molar-refractivity contribution in [3.8, 4) is 0 Å². The second-order valence-corrected chi connectivity index (χ2v) is 8.97. The molecule has 2 amide bonds. The van der Waals surface area contributed by atoms with Crippen molar-refractivity contribution in [3.63, 3.8) is 0 Å². The van der Waals surface area contributed by atoms with E-state index in [1.807, 2.05) is 20.8 Å². The summed E-state index contributed by atoms with van der Waals surface area (Å²) in [6, 6.07) is 13.0. The molecule has 0 N–H and O–H groups in total. The molecule has 2 aromatic rings. The standard InChI is InChI=1S/C20H21NO5S/c1-20(2,3)14-8-10-15(11-9-14)27(24,25)26-13-12-21-18(22)16-6-4-5-7-17(16)19(21)23/h4-11H,12-13H2,1-3H3. The molecule has 1 heterocycles. The van der Waals surface area contributed by atoms with Gasteiger partial charge in [-0.1, -0.05) is 45.0 Å². The molecule has 1 aliphatic heterocycles. The molecule has 1 aliphatic rings. The Morgan fingerprint density at radius 3 is 1.89 bits per heavy atom. The monoisotopic (exact) mass is 387 g/mol. The van der Waals surface area contributed by atoms with Crippen LogP contribution in [-0.4, -0.2) is 38.3 Å². The molecule has 0 aliphatic carbocycles. The summed E-state index contributed by atoms with van der Waals surface area (Å²) in [6.45, 7) is 5.68. The van der Waals surface area contributed by atoms with Gasteiger partial charge >= 0.3 is 0 Å². The van der Waals surface area contributed by atoms with Gasteiger partial charge in [-0.15, -0.1) is 0 Å². The Balaban J connectivity index is 1.65. The number of nitrogens with zero attached hydrogens (tertiary/aromatic N) is 1. The van der Waals surface area contributed by atoms with E-state index in [0.717, 1.165) is 10.5 Å². The lowest BCUT2D eigenvalue weighted by atomic mass is 9.87. The van der Waals surface area contributed by atoms with Gasteiger partial charge in [0.25, 0.3) is 21.9 Å². The minimum Gasteiger partial charge on any atom is -0.272 e. The van der Waals surface area contributed by atoms with Gasteiger partial charge in [0.2, 0.25) is 0 Å². The van der Waals surface area contributed by atoms with E-state index in [1.54, 1.807) is 36.4 Å². The first-order valence-corrected chi connectivity index (χ1v) is 9.97. The van der Waals surface area contributed by atoms with Crippen LogP contribution >= 0.6 is 0 Å². The fourth-order valence-corrected chi connectivity index (χ4v) is 3.77. The van der Waals surface area contributed by atoms with Gasteiger partial charge in [-0.05, 0) is 35.2 Å². The van der Waals surface area contributed by atoms with Gasteiger partial charge in [0.1, 0.15) is 0 Å². The Morgan fingerprint density at radius 2 is 1.41 bits per heavy atom. The predicted molar refractivity (Wildman–Crippen MR) is 100 cm³/mol. The van der Waals surface area contributed by atoms with E-state index in [-0.39, 0.29) is 23.5 Å². The van der Waals surface area contributed by atoms with Crippen LogP contribution in [0.4, 0.5) is 0 Å². The van der Waals surface area contributed by atoms with Crippen LogP contribution in [-0.2, 0) is 19.7 Å². The molecule has 7 heteroatoms. The number of rotatable bonds is 5. The molecule has 27 heavy (non-hydrogen) atoms. The van der Waals surface area contributed by atoms with Crippen LogP contribution in [0.5, 0.6) is 0 Å². The normalized spacial score (nSPS) is 14.6. The van der Waals surface area contributed by atoms with E-state index in [0.29, 0.717) is 11.1 Å². The third-order valence-electron chi connectivity index (χ3n) is 4.44. The second-order valence-electron chi connectivity index (χ2n) is 7.36. The quantitative estimate of drug-likeness (QED) is 0.582. The van der Waals surface area contributed by atoms with Gasteiger partial charge in [-0.2, -0.15) is 8.42 Å². The Kier molecular flexibility index (Phi) is 4.92. The number of carbonyl (C=O) groups excluding carboxylic acids is 2. The van der Waals surface area contributed by atoms with E-state index in [4.69, 9.17) is 4.18 Å². The van der Waals surface area contributed by atoms with Crippen molar-refractivity contribution in [2.75, 3.05) is 13.2 Å². The average molecular weight is 387 g/mol. The molecule has 0 atom stereocenters. The first-order valence-electron chi connectivity index (χ1n) is 8.56. The lowest BCUT2D eigenvalue weighted by Gasteiger charge is -2.19. The lowest BCUT2D eigenvalue weighted by molar-refractivity contribution is 0.0632. The van der Waals surface area contributed by atoms with Gasteiger partial charge in [-0.3, -0.25) is 18.7 Å². The topological polar surface area (TPSA) is 80.8 Å². The van der Waals surface area contributed by atoms with E-state index in [1.165, 1.54) is 12.1 Å². The molecule has 0 bridgehead atoms. The SMILES string of the molecule is CC(C)(C)c1ccc(S(=O)(=O)OCCN2C(=O)c3ccccc3C2=O)cc1. The smallest absolute Gasteiger partial charge is 0.272 e. The maximum atomic E-state index is 12.3. The fraction of sp³-hybridized carbons (Fsp3) is 0.300. The third kappa shape index (κ3) is 3.79. The average Bonchev–Trinajstić information content (AvgIpc) is 2.86. The van der Waals surface area contributed by atoms with Crippen molar-refractivity contribution < 1.29 is 22.2 Å². The molecule has 0 saturated carbocycles. The number of carbonyl (C=O) groups is 2. The number of hydrogen-bond acceptors (Lipinski definition) is 5. The van der Waals surface area contributed by atoms with Crippen LogP contribution in [0, 0.1) is 0 Å². The van der Waals surface area contributed by atoms with Crippen LogP contribution in [0.3, 0.4) is 0 Å². The van der Waals surface area contributed by atoms with E-state index in [2.05, 4.69) is 0 Å². The van der Waals surface area contributed by atoms with Crippen LogP contribution in [0.25, 0.3) is 0 Å². The van der Waals surface area contributed by atoms with Crippen LogP contribution < -0.4 is 0 Å². The number of imide groups is 1. The van der Waals surface area contributed by atoms with Crippen LogP contribution in [0.15, 0.2) is 53.4 Å². The third-order valence-corrected chi connectivity index (χ3v) is 5.77. The lowest BCUT2D eigenvalue weighted by Crippen LogP contribution is -2.33. The summed E-state index contributed by atoms with van der Waals surface area (Å²) < 4.78 is 29.7. The largest absolute Gasteiger partial charge is 0.297 e. The summed E-state index contributed by atoms with van der Waals surface area (Å²) in [5.41, 5.74) is 1.56. The van der Waals surface area contributed by atoms with Crippen molar-refractivity contribution in [2.24, 2.45) is 0 Å². The van der Waals surface area contributed by atoms with E-state index < -0.39 is 21.9 Å². The summed E-state index contributed by atoms with van der Waals surface area (Å²) in [7, 11) is -3.97. The van der Waals surface area contributed by atoms with Crippen molar-refractivity contribution in [2.45, 2.75) is 31.1 Å². The minimum atomic E-state index is -3.97. The molecule has 2 aromatic carbocycles. The predicted octanol–water partition coefficient (Wildman–Crippen LogP) is 2.99. The highest BCUT2D eigenvalue weighted by Crippen LogP contribution is 2.25. The summed E-state index contributed by atoms with van der Waals surface area (Å²) in [4.78, 5) is 25.6. The molecular weight excluding hydrogens is 366 g/mol. The van der Waals surface area contributed by atoms with Gasteiger partial charge in [-0.25, -0.2) is 0 Å². The van der Waals surface area contributed by atoms with Crippen LogP contribution in [0.2, 0.25) is 0 Å². The first-order chi connectivity index (χ1) is 12.6. The van der Waals surface area contributed by atoms with Crippen molar-refractivity contribution in [1.82, 2.24) is 4.90 Å². The number of benzene rings is 2. The number of hydrogen-bond donors (Lipinski definition) is 0. The molecule has 0 radical (unpaired) electrons. The fourth-order valence-electron chi connectivity index (χ4n) is 2.87. The summed E-state index contributed by atoms with van der Waals surface area (Å²) >= 11 is 0. The van der Waals surface area contributed by atoms with Gasteiger partial charge < -0.3 is 0 Å². The molecule has 6 nitrogen and oxygen atoms in total. The highest BCUT2D eigenvalue weighted by atomic mass is 32.2. The second kappa shape index (κ2) is 6.90. The first kappa shape index (κ1) is 19.3. The van der Waals surface area contributed by atoms with Gasteiger partial charge in [0.15, 0.2) is 0 Å². The van der Waals surface area contributed by atoms with Crippen molar-refractivity contribution in [3.05, 3.63) is 65.2 Å². The number of fused-ring (bicyclic) bond motifs is 1. The van der Waals surface area contributed by atoms with Gasteiger partial charge in [0, 0.05) is 0 Å². The van der Waals surface area contributed by atoms with Crippen molar-refractivity contribution >= 4 is 21.9 Å². The Labute approximate surface area is 158 Å². The Bertz CT molecular complexity index is 953. The molecule has 0 unspecified atom stereocenters. The van der Waals surface area contributed by atoms with E-state index >= 15 is 0 Å². The molecule has 3 rings (SSSR count). The highest BCUT2D eigenvalue weighted by Gasteiger charge is 2.35. The molecule has 0 spiro atoms. The minimum absolute atomic E-state index is 0.0397. The summed E-state index contributed by atoms with van der Waals surface area (Å²) in [5, 5.41) is 0.